The Morgan fingerprint density at radius 1 is 1.25 bits per heavy atom. The molecule has 3 rings (SSSR count). The predicted molar refractivity (Wildman–Crippen MR) is 115 cm³/mol. The van der Waals surface area contributed by atoms with E-state index in [9.17, 15) is 9.90 Å². The van der Waals surface area contributed by atoms with Crippen LogP contribution in [0, 0.1) is 6.92 Å². The number of amides is 1. The Morgan fingerprint density at radius 3 is 2.75 bits per heavy atom. The monoisotopic (exact) mass is 398 g/mol. The second-order valence-electron chi connectivity index (χ2n) is 6.69. The van der Waals surface area contributed by atoms with Crippen molar-refractivity contribution < 1.29 is 9.90 Å². The quantitative estimate of drug-likeness (QED) is 0.478. The molecule has 6 nitrogen and oxygen atoms in total. The van der Waals surface area contributed by atoms with E-state index in [1.807, 2.05) is 25.1 Å². The molecule has 3 aromatic rings. The number of aryl methyl sites for hydroxylation is 1. The third-order valence-electron chi connectivity index (χ3n) is 4.68. The minimum absolute atomic E-state index is 0.0286. The lowest BCUT2D eigenvalue weighted by Crippen LogP contribution is -2.36. The van der Waals surface area contributed by atoms with Crippen LogP contribution in [0.5, 0.6) is 0 Å². The van der Waals surface area contributed by atoms with Crippen LogP contribution in [0.2, 0.25) is 0 Å². The fraction of sp³-hybridized carbons (Fsp3) is 0.381. The molecule has 0 aliphatic rings. The zero-order valence-electron chi connectivity index (χ0n) is 16.2. The van der Waals surface area contributed by atoms with Gasteiger partial charge in [0, 0.05) is 23.4 Å². The molecule has 1 unspecified atom stereocenters. The van der Waals surface area contributed by atoms with E-state index in [0.29, 0.717) is 19.4 Å². The molecule has 148 valence electrons. The first-order valence-corrected chi connectivity index (χ1v) is 10.4. The summed E-state index contributed by atoms with van der Waals surface area (Å²) in [6.07, 6.45) is 3.39. The van der Waals surface area contributed by atoms with Gasteiger partial charge in [-0.25, -0.2) is 9.97 Å². The van der Waals surface area contributed by atoms with E-state index in [0.717, 1.165) is 33.6 Å². The highest BCUT2D eigenvalue weighted by molar-refractivity contribution is 7.19. The lowest BCUT2D eigenvalue weighted by Gasteiger charge is -2.14. The molecule has 2 heterocycles. The Morgan fingerprint density at radius 2 is 2.04 bits per heavy atom. The summed E-state index contributed by atoms with van der Waals surface area (Å²) >= 11 is 1.66. The summed E-state index contributed by atoms with van der Waals surface area (Å²) in [5, 5.41) is 16.4. The number of anilines is 1. The van der Waals surface area contributed by atoms with Crippen molar-refractivity contribution in [1.29, 1.82) is 0 Å². The summed E-state index contributed by atoms with van der Waals surface area (Å²) in [4.78, 5) is 23.0. The van der Waals surface area contributed by atoms with Crippen molar-refractivity contribution in [1.82, 2.24) is 15.3 Å². The first-order valence-electron chi connectivity index (χ1n) is 9.57. The molecule has 1 aromatic carbocycles. The number of carbonyl (C=O) groups is 1. The van der Waals surface area contributed by atoms with Crippen LogP contribution in [-0.2, 0) is 4.79 Å². The van der Waals surface area contributed by atoms with Crippen molar-refractivity contribution in [2.75, 3.05) is 18.5 Å². The number of aromatic nitrogens is 2. The molecule has 7 heteroatoms. The van der Waals surface area contributed by atoms with Crippen LogP contribution in [0.4, 0.5) is 5.82 Å². The van der Waals surface area contributed by atoms with Crippen LogP contribution in [0.1, 0.15) is 31.1 Å². The molecular formula is C21H26N4O2S. The van der Waals surface area contributed by atoms with Crippen LogP contribution >= 0.6 is 11.3 Å². The maximum absolute atomic E-state index is 12.0. The smallest absolute Gasteiger partial charge is 0.220 e. The van der Waals surface area contributed by atoms with Crippen molar-refractivity contribution >= 4 is 33.3 Å². The molecule has 28 heavy (non-hydrogen) atoms. The van der Waals surface area contributed by atoms with E-state index in [1.165, 1.54) is 4.88 Å². The topological polar surface area (TPSA) is 87.1 Å². The van der Waals surface area contributed by atoms with Gasteiger partial charge in [0.25, 0.3) is 0 Å². The molecule has 1 amide bonds. The Bertz CT molecular complexity index is 923. The van der Waals surface area contributed by atoms with Gasteiger partial charge < -0.3 is 15.7 Å². The molecule has 0 aliphatic heterocycles. The molecule has 0 radical (unpaired) electrons. The summed E-state index contributed by atoms with van der Waals surface area (Å²) in [5.41, 5.74) is 2.31. The van der Waals surface area contributed by atoms with Gasteiger partial charge in [0.2, 0.25) is 5.91 Å². The molecule has 0 saturated carbocycles. The Balaban J connectivity index is 1.70. The number of hydrogen-bond donors (Lipinski definition) is 3. The zero-order chi connectivity index (χ0) is 19.9. The van der Waals surface area contributed by atoms with Gasteiger partial charge in [0.05, 0.1) is 18.0 Å². The lowest BCUT2D eigenvalue weighted by molar-refractivity contribution is -0.122. The van der Waals surface area contributed by atoms with Crippen molar-refractivity contribution in [3.8, 4) is 11.1 Å². The fourth-order valence-electron chi connectivity index (χ4n) is 3.16. The van der Waals surface area contributed by atoms with Gasteiger partial charge in [-0.3, -0.25) is 4.79 Å². The summed E-state index contributed by atoms with van der Waals surface area (Å²) in [6, 6.07) is 10.1. The maximum Gasteiger partial charge on any atom is 0.220 e. The second-order valence-corrected chi connectivity index (χ2v) is 7.89. The van der Waals surface area contributed by atoms with Crippen LogP contribution in [-0.4, -0.2) is 40.2 Å². The number of fused-ring (bicyclic) bond motifs is 1. The van der Waals surface area contributed by atoms with Gasteiger partial charge in [0.1, 0.15) is 17.0 Å². The highest BCUT2D eigenvalue weighted by atomic mass is 32.1. The molecule has 0 aliphatic carbocycles. The number of nitrogens with one attached hydrogen (secondary N) is 2. The van der Waals surface area contributed by atoms with E-state index >= 15 is 0 Å². The summed E-state index contributed by atoms with van der Waals surface area (Å²) < 4.78 is 0. The molecule has 3 N–H and O–H groups in total. The SMILES string of the molecule is CCC(CO)NC(=O)CCCNc1ncnc2sc(C)c(-c3ccccc3)c12. The maximum atomic E-state index is 12.0. The van der Waals surface area contributed by atoms with Crippen molar-refractivity contribution in [3.63, 3.8) is 0 Å². The van der Waals surface area contributed by atoms with Crippen molar-refractivity contribution in [3.05, 3.63) is 41.5 Å². The molecule has 2 aromatic heterocycles. The minimum Gasteiger partial charge on any atom is -0.394 e. The molecule has 0 fully saturated rings. The number of nitrogens with zero attached hydrogens (tertiary/aromatic N) is 2. The van der Waals surface area contributed by atoms with Gasteiger partial charge in [-0.05, 0) is 25.3 Å². The number of hydrogen-bond acceptors (Lipinski definition) is 6. The predicted octanol–water partition coefficient (Wildman–Crippen LogP) is 3.75. The molecule has 1 atom stereocenters. The van der Waals surface area contributed by atoms with Crippen molar-refractivity contribution in [2.24, 2.45) is 0 Å². The highest BCUT2D eigenvalue weighted by Gasteiger charge is 2.16. The van der Waals surface area contributed by atoms with E-state index in [-0.39, 0.29) is 18.6 Å². The third-order valence-corrected chi connectivity index (χ3v) is 5.69. The van der Waals surface area contributed by atoms with Gasteiger partial charge in [-0.1, -0.05) is 37.3 Å². The first-order chi connectivity index (χ1) is 13.6. The Kier molecular flexibility index (Phi) is 6.95. The van der Waals surface area contributed by atoms with Crippen LogP contribution in [0.15, 0.2) is 36.7 Å². The molecule has 0 bridgehead atoms. The molecular weight excluding hydrogens is 372 g/mol. The summed E-state index contributed by atoms with van der Waals surface area (Å²) in [7, 11) is 0. The number of aliphatic hydroxyl groups is 1. The van der Waals surface area contributed by atoms with Gasteiger partial charge in [-0.15, -0.1) is 11.3 Å². The van der Waals surface area contributed by atoms with Gasteiger partial charge >= 0.3 is 0 Å². The zero-order valence-corrected chi connectivity index (χ0v) is 17.1. The number of carbonyl (C=O) groups excluding carboxylic acids is 1. The normalized spacial score (nSPS) is 12.1. The molecule has 0 saturated heterocycles. The summed E-state index contributed by atoms with van der Waals surface area (Å²) in [5.74, 6) is 0.766. The second kappa shape index (κ2) is 9.61. The fourth-order valence-corrected chi connectivity index (χ4v) is 4.18. The van der Waals surface area contributed by atoms with Gasteiger partial charge in [-0.2, -0.15) is 0 Å². The summed E-state index contributed by atoms with van der Waals surface area (Å²) in [6.45, 7) is 4.65. The van der Waals surface area contributed by atoms with E-state index < -0.39 is 0 Å². The van der Waals surface area contributed by atoms with E-state index in [1.54, 1.807) is 17.7 Å². The molecule has 0 spiro atoms. The number of thiophene rings is 1. The Hall–Kier alpha value is -2.51. The van der Waals surface area contributed by atoms with Crippen molar-refractivity contribution in [2.45, 2.75) is 39.2 Å². The van der Waals surface area contributed by atoms with Crippen LogP contribution in [0.3, 0.4) is 0 Å². The number of rotatable bonds is 9. The van der Waals surface area contributed by atoms with Crippen LogP contribution < -0.4 is 10.6 Å². The minimum atomic E-state index is -0.163. The van der Waals surface area contributed by atoms with Crippen LogP contribution in [0.25, 0.3) is 21.3 Å². The lowest BCUT2D eigenvalue weighted by atomic mass is 10.0. The largest absolute Gasteiger partial charge is 0.394 e. The number of benzene rings is 1. The standard InChI is InChI=1S/C21H26N4O2S/c1-3-16(12-26)25-17(27)10-7-11-22-20-19-18(15-8-5-4-6-9-15)14(2)28-21(19)24-13-23-20/h4-6,8-9,13,16,26H,3,7,10-12H2,1-2H3,(H,25,27)(H,22,23,24). The average molecular weight is 399 g/mol. The van der Waals surface area contributed by atoms with E-state index in [2.05, 4.69) is 39.7 Å². The third kappa shape index (κ3) is 4.66. The van der Waals surface area contributed by atoms with Gasteiger partial charge in [0.15, 0.2) is 0 Å². The Labute approximate surface area is 169 Å². The average Bonchev–Trinajstić information content (AvgIpc) is 3.06. The van der Waals surface area contributed by atoms with E-state index in [4.69, 9.17) is 0 Å². The first kappa shape index (κ1) is 20.2. The highest BCUT2D eigenvalue weighted by Crippen LogP contribution is 2.40. The number of aliphatic hydroxyl groups excluding tert-OH is 1.